The Morgan fingerprint density at radius 1 is 1.09 bits per heavy atom. The molecule has 0 aliphatic carbocycles. The molecule has 2 aromatic carbocycles. The predicted molar refractivity (Wildman–Crippen MR) is 73.9 cm³/mol. The maximum absolute atomic E-state index is 13.5. The fraction of sp³-hybridized carbons (Fsp3) is 0. The second-order valence-electron chi connectivity index (χ2n) is 4.39. The Hall–Kier alpha value is -3.16. The number of aromatic nitrogens is 4. The van der Waals surface area contributed by atoms with E-state index in [-0.39, 0.29) is 5.56 Å². The van der Waals surface area contributed by atoms with Gasteiger partial charge in [0.05, 0.1) is 5.56 Å². The summed E-state index contributed by atoms with van der Waals surface area (Å²) < 4.78 is 26.6. The van der Waals surface area contributed by atoms with Crippen LogP contribution in [-0.4, -0.2) is 26.5 Å². The van der Waals surface area contributed by atoms with Crippen LogP contribution in [0.15, 0.2) is 42.5 Å². The van der Waals surface area contributed by atoms with Crippen molar-refractivity contribution in [3.05, 3.63) is 59.7 Å². The third kappa shape index (κ3) is 2.80. The number of amides is 1. The highest BCUT2D eigenvalue weighted by Gasteiger charge is 2.13. The maximum atomic E-state index is 13.5. The van der Waals surface area contributed by atoms with Gasteiger partial charge in [-0.1, -0.05) is 0 Å². The van der Waals surface area contributed by atoms with Gasteiger partial charge in [-0.15, -0.1) is 10.2 Å². The van der Waals surface area contributed by atoms with Gasteiger partial charge in [0.1, 0.15) is 11.6 Å². The van der Waals surface area contributed by atoms with Gasteiger partial charge in [0.15, 0.2) is 0 Å². The molecular formula is C14H9F2N5O. The molecular weight excluding hydrogens is 292 g/mol. The van der Waals surface area contributed by atoms with Crippen LogP contribution in [0.5, 0.6) is 0 Å². The van der Waals surface area contributed by atoms with Gasteiger partial charge in [-0.3, -0.25) is 4.79 Å². The third-order valence-electron chi connectivity index (χ3n) is 2.92. The quantitative estimate of drug-likeness (QED) is 0.778. The third-order valence-corrected chi connectivity index (χ3v) is 2.92. The molecule has 22 heavy (non-hydrogen) atoms. The largest absolute Gasteiger partial charge is 0.322 e. The first-order valence-corrected chi connectivity index (χ1v) is 6.24. The van der Waals surface area contributed by atoms with Gasteiger partial charge in [0.2, 0.25) is 5.82 Å². The van der Waals surface area contributed by atoms with E-state index in [0.717, 1.165) is 18.2 Å². The van der Waals surface area contributed by atoms with E-state index >= 15 is 0 Å². The van der Waals surface area contributed by atoms with Crippen molar-refractivity contribution in [2.75, 3.05) is 5.32 Å². The lowest BCUT2D eigenvalue weighted by Crippen LogP contribution is -2.14. The maximum Gasteiger partial charge on any atom is 0.258 e. The SMILES string of the molecule is O=C(Nc1ccc(-c2nn[nH]n2)cc1)c1cc(F)ccc1F. The molecule has 0 saturated carbocycles. The van der Waals surface area contributed by atoms with Crippen molar-refractivity contribution < 1.29 is 13.6 Å². The fourth-order valence-corrected chi connectivity index (χ4v) is 1.86. The molecule has 0 unspecified atom stereocenters. The molecule has 0 saturated heterocycles. The molecule has 3 rings (SSSR count). The Morgan fingerprint density at radius 3 is 2.55 bits per heavy atom. The molecule has 0 spiro atoms. The number of carbonyl (C=O) groups is 1. The average molecular weight is 301 g/mol. The fourth-order valence-electron chi connectivity index (χ4n) is 1.86. The molecule has 1 amide bonds. The monoisotopic (exact) mass is 301 g/mol. The first-order chi connectivity index (χ1) is 10.6. The van der Waals surface area contributed by atoms with E-state index in [2.05, 4.69) is 25.9 Å². The number of hydrogen-bond acceptors (Lipinski definition) is 4. The van der Waals surface area contributed by atoms with Crippen molar-refractivity contribution in [1.29, 1.82) is 0 Å². The van der Waals surface area contributed by atoms with Crippen LogP contribution in [0.3, 0.4) is 0 Å². The summed E-state index contributed by atoms with van der Waals surface area (Å²) in [5, 5.41) is 15.9. The number of rotatable bonds is 3. The van der Waals surface area contributed by atoms with Gasteiger partial charge in [0, 0.05) is 11.3 Å². The lowest BCUT2D eigenvalue weighted by Gasteiger charge is -2.06. The zero-order chi connectivity index (χ0) is 15.5. The van der Waals surface area contributed by atoms with Gasteiger partial charge in [-0.2, -0.15) is 5.21 Å². The molecule has 0 aliphatic rings. The normalized spacial score (nSPS) is 10.5. The number of halogens is 2. The Kier molecular flexibility index (Phi) is 3.57. The van der Waals surface area contributed by atoms with Gasteiger partial charge < -0.3 is 5.32 Å². The van der Waals surface area contributed by atoms with Crippen molar-refractivity contribution in [1.82, 2.24) is 20.6 Å². The predicted octanol–water partition coefficient (Wildman–Crippen LogP) is 2.40. The van der Waals surface area contributed by atoms with Gasteiger partial charge in [0.25, 0.3) is 5.91 Å². The highest BCUT2D eigenvalue weighted by molar-refractivity contribution is 6.04. The highest BCUT2D eigenvalue weighted by Crippen LogP contribution is 2.18. The van der Waals surface area contributed by atoms with E-state index in [0.29, 0.717) is 17.1 Å². The van der Waals surface area contributed by atoms with Crippen molar-refractivity contribution in [3.63, 3.8) is 0 Å². The van der Waals surface area contributed by atoms with Crippen LogP contribution in [0.25, 0.3) is 11.4 Å². The smallest absolute Gasteiger partial charge is 0.258 e. The van der Waals surface area contributed by atoms with E-state index < -0.39 is 17.5 Å². The van der Waals surface area contributed by atoms with Crippen molar-refractivity contribution in [2.45, 2.75) is 0 Å². The number of H-pyrrole nitrogens is 1. The van der Waals surface area contributed by atoms with Crippen LogP contribution in [0.1, 0.15) is 10.4 Å². The summed E-state index contributed by atoms with van der Waals surface area (Å²) in [6, 6.07) is 9.24. The molecule has 110 valence electrons. The summed E-state index contributed by atoms with van der Waals surface area (Å²) >= 11 is 0. The number of aromatic amines is 1. The van der Waals surface area contributed by atoms with Crippen LogP contribution in [0.2, 0.25) is 0 Å². The topological polar surface area (TPSA) is 83.6 Å². The molecule has 6 nitrogen and oxygen atoms in total. The van der Waals surface area contributed by atoms with E-state index in [1.807, 2.05) is 0 Å². The molecule has 1 heterocycles. The van der Waals surface area contributed by atoms with Crippen LogP contribution in [-0.2, 0) is 0 Å². The Labute approximate surface area is 123 Å². The second-order valence-corrected chi connectivity index (χ2v) is 4.39. The van der Waals surface area contributed by atoms with E-state index in [1.165, 1.54) is 0 Å². The number of hydrogen-bond donors (Lipinski definition) is 2. The minimum absolute atomic E-state index is 0.359. The number of benzene rings is 2. The molecule has 0 bridgehead atoms. The standard InChI is InChI=1S/C14H9F2N5O/c15-9-3-6-12(16)11(7-9)14(22)17-10-4-1-8(2-5-10)13-18-20-21-19-13/h1-7H,(H,17,22)(H,18,19,20,21). The number of anilines is 1. The van der Waals surface area contributed by atoms with E-state index in [1.54, 1.807) is 24.3 Å². The molecule has 0 aliphatic heterocycles. The number of nitrogens with zero attached hydrogens (tertiary/aromatic N) is 3. The number of nitrogens with one attached hydrogen (secondary N) is 2. The lowest BCUT2D eigenvalue weighted by molar-refractivity contribution is 0.102. The number of carbonyl (C=O) groups excluding carboxylic acids is 1. The molecule has 0 atom stereocenters. The molecule has 2 N–H and O–H groups in total. The first-order valence-electron chi connectivity index (χ1n) is 6.24. The molecule has 0 fully saturated rings. The Morgan fingerprint density at radius 2 is 1.86 bits per heavy atom. The van der Waals surface area contributed by atoms with Crippen LogP contribution in [0.4, 0.5) is 14.5 Å². The summed E-state index contributed by atoms with van der Waals surface area (Å²) in [6.07, 6.45) is 0. The zero-order valence-electron chi connectivity index (χ0n) is 11.0. The Balaban J connectivity index is 1.78. The van der Waals surface area contributed by atoms with E-state index in [9.17, 15) is 13.6 Å². The van der Waals surface area contributed by atoms with Crippen LogP contribution in [0, 0.1) is 11.6 Å². The molecule has 8 heteroatoms. The van der Waals surface area contributed by atoms with Crippen molar-refractivity contribution in [2.24, 2.45) is 0 Å². The van der Waals surface area contributed by atoms with Gasteiger partial charge in [-0.05, 0) is 47.7 Å². The van der Waals surface area contributed by atoms with Crippen molar-refractivity contribution in [3.8, 4) is 11.4 Å². The van der Waals surface area contributed by atoms with Crippen molar-refractivity contribution >= 4 is 11.6 Å². The Bertz CT molecular complexity index is 803. The molecule has 0 radical (unpaired) electrons. The zero-order valence-corrected chi connectivity index (χ0v) is 11.0. The summed E-state index contributed by atoms with van der Waals surface area (Å²) in [5.41, 5.74) is 0.770. The van der Waals surface area contributed by atoms with Crippen LogP contribution >= 0.6 is 0 Å². The summed E-state index contributed by atoms with van der Waals surface area (Å²) in [7, 11) is 0. The summed E-state index contributed by atoms with van der Waals surface area (Å²) in [4.78, 5) is 11.9. The van der Waals surface area contributed by atoms with Gasteiger partial charge in [-0.25, -0.2) is 8.78 Å². The number of tetrazole rings is 1. The van der Waals surface area contributed by atoms with Crippen LogP contribution < -0.4 is 5.32 Å². The minimum Gasteiger partial charge on any atom is -0.322 e. The summed E-state index contributed by atoms with van der Waals surface area (Å²) in [6.45, 7) is 0. The minimum atomic E-state index is -0.790. The highest BCUT2D eigenvalue weighted by atomic mass is 19.1. The molecule has 3 aromatic rings. The summed E-state index contributed by atoms with van der Waals surface area (Å²) in [5.74, 6) is -1.79. The van der Waals surface area contributed by atoms with Gasteiger partial charge >= 0.3 is 0 Å². The lowest BCUT2D eigenvalue weighted by atomic mass is 10.1. The second kappa shape index (κ2) is 5.68. The first kappa shape index (κ1) is 13.8. The van der Waals surface area contributed by atoms with E-state index in [4.69, 9.17) is 0 Å². The average Bonchev–Trinajstić information content (AvgIpc) is 3.05. The molecule has 1 aromatic heterocycles.